The number of nitriles is 1. The highest BCUT2D eigenvalue weighted by molar-refractivity contribution is 7.80. The maximum Gasteiger partial charge on any atom is 0.100 e. The van der Waals surface area contributed by atoms with Crippen molar-refractivity contribution in [2.75, 3.05) is 5.73 Å². The standard InChI is InChI=1S/C8H8N2S/c1-5-2-3-6(4-9)8(11)7(5)10/h2-3,11H,10H2,1H3. The second kappa shape index (κ2) is 2.85. The first kappa shape index (κ1) is 7.96. The molecule has 0 saturated carbocycles. The minimum atomic E-state index is 0.524. The lowest BCUT2D eigenvalue weighted by Gasteiger charge is -2.03. The predicted octanol–water partition coefficient (Wildman–Crippen LogP) is 1.74. The highest BCUT2D eigenvalue weighted by atomic mass is 32.1. The normalized spacial score (nSPS) is 9.18. The van der Waals surface area contributed by atoms with Crippen molar-refractivity contribution in [2.45, 2.75) is 11.8 Å². The monoisotopic (exact) mass is 164 g/mol. The zero-order valence-corrected chi connectivity index (χ0v) is 7.02. The molecular formula is C8H8N2S. The van der Waals surface area contributed by atoms with Gasteiger partial charge in [0, 0.05) is 10.6 Å². The van der Waals surface area contributed by atoms with Gasteiger partial charge < -0.3 is 5.73 Å². The molecule has 0 spiro atoms. The Bertz CT molecular complexity index is 326. The Morgan fingerprint density at radius 3 is 2.73 bits per heavy atom. The van der Waals surface area contributed by atoms with Crippen molar-refractivity contribution in [3.8, 4) is 6.07 Å². The van der Waals surface area contributed by atoms with E-state index in [9.17, 15) is 0 Å². The van der Waals surface area contributed by atoms with Crippen LogP contribution in [0.2, 0.25) is 0 Å². The second-order valence-corrected chi connectivity index (χ2v) is 2.75. The third-order valence-corrected chi connectivity index (χ3v) is 2.04. The zero-order valence-electron chi connectivity index (χ0n) is 6.13. The number of anilines is 1. The lowest BCUT2D eigenvalue weighted by molar-refractivity contribution is 1.33. The van der Waals surface area contributed by atoms with Gasteiger partial charge in [-0.15, -0.1) is 12.6 Å². The number of nitrogens with zero attached hydrogens (tertiary/aromatic N) is 1. The molecule has 0 bridgehead atoms. The first-order valence-electron chi connectivity index (χ1n) is 3.15. The number of benzene rings is 1. The van der Waals surface area contributed by atoms with E-state index in [0.29, 0.717) is 16.1 Å². The number of hydrogen-bond donors (Lipinski definition) is 2. The summed E-state index contributed by atoms with van der Waals surface area (Å²) >= 11 is 4.11. The Morgan fingerprint density at radius 2 is 2.18 bits per heavy atom. The van der Waals surface area contributed by atoms with Crippen LogP contribution in [0.25, 0.3) is 0 Å². The molecule has 0 fully saturated rings. The van der Waals surface area contributed by atoms with Gasteiger partial charge in [0.1, 0.15) is 6.07 Å². The Kier molecular flexibility index (Phi) is 2.06. The minimum Gasteiger partial charge on any atom is -0.398 e. The first-order chi connectivity index (χ1) is 5.16. The Morgan fingerprint density at radius 1 is 1.55 bits per heavy atom. The van der Waals surface area contributed by atoms with Crippen LogP contribution in [0.5, 0.6) is 0 Å². The number of rotatable bonds is 0. The van der Waals surface area contributed by atoms with Gasteiger partial charge in [0.15, 0.2) is 0 Å². The van der Waals surface area contributed by atoms with Crippen LogP contribution in [0.1, 0.15) is 11.1 Å². The first-order valence-corrected chi connectivity index (χ1v) is 3.59. The quantitative estimate of drug-likeness (QED) is 0.453. The van der Waals surface area contributed by atoms with E-state index in [1.807, 2.05) is 19.1 Å². The van der Waals surface area contributed by atoms with Crippen molar-refractivity contribution < 1.29 is 0 Å². The summed E-state index contributed by atoms with van der Waals surface area (Å²) in [5.41, 5.74) is 7.70. The molecule has 0 radical (unpaired) electrons. The molecule has 1 aromatic carbocycles. The van der Waals surface area contributed by atoms with E-state index in [1.54, 1.807) is 6.07 Å². The molecule has 0 unspecified atom stereocenters. The van der Waals surface area contributed by atoms with Crippen molar-refractivity contribution >= 4 is 18.3 Å². The molecule has 0 atom stereocenters. The molecule has 0 aromatic heterocycles. The predicted molar refractivity (Wildman–Crippen MR) is 47.6 cm³/mol. The SMILES string of the molecule is Cc1ccc(C#N)c(S)c1N. The van der Waals surface area contributed by atoms with Crippen molar-refractivity contribution in [2.24, 2.45) is 0 Å². The fourth-order valence-corrected chi connectivity index (χ4v) is 1.10. The Labute approximate surface area is 71.0 Å². The van der Waals surface area contributed by atoms with E-state index in [4.69, 9.17) is 11.0 Å². The van der Waals surface area contributed by atoms with Gasteiger partial charge in [0.05, 0.1) is 5.56 Å². The number of nitrogens with two attached hydrogens (primary N) is 1. The molecule has 3 heteroatoms. The fourth-order valence-electron chi connectivity index (χ4n) is 0.799. The highest BCUT2D eigenvalue weighted by Crippen LogP contribution is 2.23. The molecule has 0 heterocycles. The van der Waals surface area contributed by atoms with Gasteiger partial charge in [0.25, 0.3) is 0 Å². The summed E-state index contributed by atoms with van der Waals surface area (Å²) < 4.78 is 0. The number of thiol groups is 1. The van der Waals surface area contributed by atoms with Crippen LogP contribution in [0.15, 0.2) is 17.0 Å². The lowest BCUT2D eigenvalue weighted by Crippen LogP contribution is -1.93. The van der Waals surface area contributed by atoms with E-state index in [0.717, 1.165) is 5.56 Å². The van der Waals surface area contributed by atoms with Gasteiger partial charge in [0.2, 0.25) is 0 Å². The van der Waals surface area contributed by atoms with Crippen LogP contribution < -0.4 is 5.73 Å². The topological polar surface area (TPSA) is 49.8 Å². The van der Waals surface area contributed by atoms with E-state index in [2.05, 4.69) is 12.6 Å². The van der Waals surface area contributed by atoms with Crippen LogP contribution in [0, 0.1) is 18.3 Å². The molecule has 0 amide bonds. The lowest BCUT2D eigenvalue weighted by atomic mass is 10.1. The van der Waals surface area contributed by atoms with E-state index >= 15 is 0 Å². The summed E-state index contributed by atoms with van der Waals surface area (Å²) in [4.78, 5) is 0.576. The molecule has 0 aliphatic heterocycles. The van der Waals surface area contributed by atoms with E-state index < -0.39 is 0 Å². The molecule has 0 aliphatic carbocycles. The van der Waals surface area contributed by atoms with Crippen molar-refractivity contribution in [3.05, 3.63) is 23.3 Å². The number of nitrogen functional groups attached to an aromatic ring is 1. The molecule has 0 aliphatic rings. The summed E-state index contributed by atoms with van der Waals surface area (Å²) in [5.74, 6) is 0. The number of hydrogen-bond acceptors (Lipinski definition) is 3. The van der Waals surface area contributed by atoms with Gasteiger partial charge in [-0.05, 0) is 18.6 Å². The third-order valence-electron chi connectivity index (χ3n) is 1.56. The summed E-state index contributed by atoms with van der Waals surface area (Å²) in [7, 11) is 0. The smallest absolute Gasteiger partial charge is 0.100 e. The molecule has 1 aromatic rings. The van der Waals surface area contributed by atoms with Crippen LogP contribution in [-0.4, -0.2) is 0 Å². The van der Waals surface area contributed by atoms with Crippen molar-refractivity contribution in [1.29, 1.82) is 5.26 Å². The second-order valence-electron chi connectivity index (χ2n) is 2.30. The van der Waals surface area contributed by atoms with Crippen LogP contribution in [0.3, 0.4) is 0 Å². The third kappa shape index (κ3) is 1.31. The minimum absolute atomic E-state index is 0.524. The highest BCUT2D eigenvalue weighted by Gasteiger charge is 2.02. The number of aryl methyl sites for hydroxylation is 1. The van der Waals surface area contributed by atoms with Gasteiger partial charge in [-0.2, -0.15) is 5.26 Å². The summed E-state index contributed by atoms with van der Waals surface area (Å²) in [5, 5.41) is 8.58. The van der Waals surface area contributed by atoms with E-state index in [1.165, 1.54) is 0 Å². The van der Waals surface area contributed by atoms with Crippen LogP contribution in [-0.2, 0) is 0 Å². The Balaban J connectivity index is 3.40. The van der Waals surface area contributed by atoms with Crippen LogP contribution in [0.4, 0.5) is 5.69 Å². The summed E-state index contributed by atoms with van der Waals surface area (Å²) in [6.45, 7) is 1.89. The maximum atomic E-state index is 8.58. The van der Waals surface area contributed by atoms with Gasteiger partial charge in [-0.1, -0.05) is 6.07 Å². The molecule has 1 rings (SSSR count). The molecule has 2 nitrogen and oxygen atoms in total. The molecule has 0 saturated heterocycles. The van der Waals surface area contributed by atoms with E-state index in [-0.39, 0.29) is 0 Å². The molecule has 11 heavy (non-hydrogen) atoms. The van der Waals surface area contributed by atoms with Crippen LogP contribution >= 0.6 is 12.6 Å². The zero-order chi connectivity index (χ0) is 8.43. The Hall–Kier alpha value is -1.14. The summed E-state index contributed by atoms with van der Waals surface area (Å²) in [6, 6.07) is 5.54. The van der Waals surface area contributed by atoms with Gasteiger partial charge in [-0.25, -0.2) is 0 Å². The molecule has 2 N–H and O–H groups in total. The van der Waals surface area contributed by atoms with Crippen molar-refractivity contribution in [3.63, 3.8) is 0 Å². The van der Waals surface area contributed by atoms with Gasteiger partial charge >= 0.3 is 0 Å². The summed E-state index contributed by atoms with van der Waals surface area (Å²) in [6.07, 6.45) is 0. The molecule has 56 valence electrons. The molecular weight excluding hydrogens is 156 g/mol. The average molecular weight is 164 g/mol. The maximum absolute atomic E-state index is 8.58. The largest absolute Gasteiger partial charge is 0.398 e. The fraction of sp³-hybridized carbons (Fsp3) is 0.125. The van der Waals surface area contributed by atoms with Gasteiger partial charge in [-0.3, -0.25) is 0 Å². The average Bonchev–Trinajstić information content (AvgIpc) is 2.01. The van der Waals surface area contributed by atoms with Crippen molar-refractivity contribution in [1.82, 2.24) is 0 Å².